The predicted octanol–water partition coefficient (Wildman–Crippen LogP) is 3.96. The summed E-state index contributed by atoms with van der Waals surface area (Å²) in [5, 5.41) is 3.18. The molecule has 1 N–H and O–H groups in total. The van der Waals surface area contributed by atoms with Crippen LogP contribution in [0.3, 0.4) is 0 Å². The third-order valence-corrected chi connectivity index (χ3v) is 2.98. The van der Waals surface area contributed by atoms with E-state index in [1.165, 1.54) is 18.2 Å². The number of benzene rings is 1. The maximum absolute atomic E-state index is 13.3. The average Bonchev–Trinajstić information content (AvgIpc) is 2.44. The van der Waals surface area contributed by atoms with E-state index in [1.807, 2.05) is 0 Å². The van der Waals surface area contributed by atoms with Gasteiger partial charge in [0.25, 0.3) is 0 Å². The molecule has 3 nitrogen and oxygen atoms in total. The van der Waals surface area contributed by atoms with Crippen LogP contribution in [-0.4, -0.2) is 11.5 Å². The Morgan fingerprint density at radius 3 is 2.71 bits per heavy atom. The highest BCUT2D eigenvalue weighted by atomic mass is 19.1. The molecule has 0 spiro atoms. The number of aryl methyl sites for hydroxylation is 1. The first-order chi connectivity index (χ1) is 10.1. The minimum Gasteiger partial charge on any atom is -0.438 e. The molecule has 21 heavy (non-hydrogen) atoms. The standard InChI is InChI=1S/C16H18F2N2O/c1-3-6-19-9-12-8-14(18)10-20-16(12)21-15-5-4-13(17)7-11(15)2/h4-5,7-8,10,19H,3,6,9H2,1-2H3. The molecule has 0 bridgehead atoms. The lowest BCUT2D eigenvalue weighted by Gasteiger charge is -2.12. The predicted molar refractivity (Wildman–Crippen MR) is 77.4 cm³/mol. The minimum absolute atomic E-state index is 0.322. The molecule has 2 aromatic rings. The van der Waals surface area contributed by atoms with Crippen molar-refractivity contribution in [2.45, 2.75) is 26.8 Å². The highest BCUT2D eigenvalue weighted by molar-refractivity contribution is 5.37. The third-order valence-electron chi connectivity index (χ3n) is 2.98. The summed E-state index contributed by atoms with van der Waals surface area (Å²) in [6, 6.07) is 5.64. The number of ether oxygens (including phenoxy) is 1. The molecule has 0 aliphatic heterocycles. The molecule has 0 radical (unpaired) electrons. The zero-order chi connectivity index (χ0) is 15.2. The van der Waals surface area contributed by atoms with Gasteiger partial charge >= 0.3 is 0 Å². The van der Waals surface area contributed by atoms with Crippen molar-refractivity contribution in [2.24, 2.45) is 0 Å². The number of rotatable bonds is 6. The van der Waals surface area contributed by atoms with Crippen LogP contribution < -0.4 is 10.1 Å². The molecule has 112 valence electrons. The Morgan fingerprint density at radius 2 is 2.00 bits per heavy atom. The van der Waals surface area contributed by atoms with Crippen molar-refractivity contribution in [1.82, 2.24) is 10.3 Å². The number of aromatic nitrogens is 1. The molecule has 0 saturated carbocycles. The number of halogens is 2. The molecule has 1 heterocycles. The first-order valence-electron chi connectivity index (χ1n) is 6.89. The second-order valence-corrected chi connectivity index (χ2v) is 4.81. The van der Waals surface area contributed by atoms with Gasteiger partial charge in [-0.1, -0.05) is 6.92 Å². The first-order valence-corrected chi connectivity index (χ1v) is 6.89. The zero-order valence-electron chi connectivity index (χ0n) is 12.1. The van der Waals surface area contributed by atoms with Gasteiger partial charge in [0.1, 0.15) is 17.4 Å². The summed E-state index contributed by atoms with van der Waals surface area (Å²) in [7, 11) is 0. The Morgan fingerprint density at radius 1 is 1.19 bits per heavy atom. The third kappa shape index (κ3) is 4.23. The van der Waals surface area contributed by atoms with E-state index in [0.29, 0.717) is 29.3 Å². The molecule has 0 unspecified atom stereocenters. The van der Waals surface area contributed by atoms with Crippen molar-refractivity contribution in [1.29, 1.82) is 0 Å². The maximum Gasteiger partial charge on any atom is 0.223 e. The molecular weight excluding hydrogens is 274 g/mol. The first kappa shape index (κ1) is 15.4. The molecule has 0 saturated heterocycles. The van der Waals surface area contributed by atoms with Crippen LogP contribution in [0, 0.1) is 18.6 Å². The Hall–Kier alpha value is -2.01. The SMILES string of the molecule is CCCNCc1cc(F)cnc1Oc1ccc(F)cc1C. The lowest BCUT2D eigenvalue weighted by Crippen LogP contribution is -2.15. The fraction of sp³-hybridized carbons (Fsp3) is 0.312. The van der Waals surface area contributed by atoms with Gasteiger partial charge < -0.3 is 10.1 Å². The van der Waals surface area contributed by atoms with E-state index in [2.05, 4.69) is 17.2 Å². The van der Waals surface area contributed by atoms with Crippen LogP contribution in [0.2, 0.25) is 0 Å². The summed E-state index contributed by atoms with van der Waals surface area (Å²) in [6.45, 7) is 5.09. The van der Waals surface area contributed by atoms with Crippen LogP contribution in [0.25, 0.3) is 0 Å². The number of nitrogens with zero attached hydrogens (tertiary/aromatic N) is 1. The molecule has 0 atom stereocenters. The van der Waals surface area contributed by atoms with E-state index >= 15 is 0 Å². The van der Waals surface area contributed by atoms with Gasteiger partial charge in [-0.25, -0.2) is 13.8 Å². The van der Waals surface area contributed by atoms with Gasteiger partial charge in [0.2, 0.25) is 5.88 Å². The molecule has 0 aliphatic rings. The van der Waals surface area contributed by atoms with Crippen LogP contribution in [0.4, 0.5) is 8.78 Å². The van der Waals surface area contributed by atoms with Crippen LogP contribution in [0.1, 0.15) is 24.5 Å². The molecule has 0 fully saturated rings. The van der Waals surface area contributed by atoms with Gasteiger partial charge in [0.05, 0.1) is 6.20 Å². The topological polar surface area (TPSA) is 34.2 Å². The summed E-state index contributed by atoms with van der Waals surface area (Å²) in [5.41, 5.74) is 1.29. The Labute approximate surface area is 123 Å². The van der Waals surface area contributed by atoms with Crippen LogP contribution in [-0.2, 0) is 6.54 Å². The Bertz CT molecular complexity index is 617. The summed E-state index contributed by atoms with van der Waals surface area (Å²) < 4.78 is 32.1. The molecule has 0 aliphatic carbocycles. The molecule has 1 aromatic carbocycles. The zero-order valence-corrected chi connectivity index (χ0v) is 12.1. The quantitative estimate of drug-likeness (QED) is 0.818. The molecule has 1 aromatic heterocycles. The largest absolute Gasteiger partial charge is 0.438 e. The van der Waals surface area contributed by atoms with Crippen molar-refractivity contribution in [2.75, 3.05) is 6.54 Å². The summed E-state index contributed by atoms with van der Waals surface area (Å²) >= 11 is 0. The van der Waals surface area contributed by atoms with E-state index in [1.54, 1.807) is 13.0 Å². The highest BCUT2D eigenvalue weighted by Gasteiger charge is 2.10. The van der Waals surface area contributed by atoms with Crippen molar-refractivity contribution >= 4 is 0 Å². The van der Waals surface area contributed by atoms with Gasteiger partial charge in [-0.2, -0.15) is 0 Å². The van der Waals surface area contributed by atoms with Crippen molar-refractivity contribution in [3.63, 3.8) is 0 Å². The lowest BCUT2D eigenvalue weighted by molar-refractivity contribution is 0.444. The maximum atomic E-state index is 13.3. The fourth-order valence-corrected chi connectivity index (χ4v) is 1.92. The van der Waals surface area contributed by atoms with Gasteiger partial charge in [-0.05, 0) is 49.7 Å². The second kappa shape index (κ2) is 7.13. The van der Waals surface area contributed by atoms with E-state index < -0.39 is 5.82 Å². The average molecular weight is 292 g/mol. The fourth-order valence-electron chi connectivity index (χ4n) is 1.92. The number of nitrogens with one attached hydrogen (secondary N) is 1. The van der Waals surface area contributed by atoms with Gasteiger partial charge in [-0.3, -0.25) is 0 Å². The number of hydrogen-bond acceptors (Lipinski definition) is 3. The van der Waals surface area contributed by atoms with Crippen molar-refractivity contribution < 1.29 is 13.5 Å². The minimum atomic E-state index is -0.411. The summed E-state index contributed by atoms with van der Waals surface area (Å²) in [5.74, 6) is 0.102. The second-order valence-electron chi connectivity index (χ2n) is 4.81. The normalized spacial score (nSPS) is 10.7. The van der Waals surface area contributed by atoms with Crippen LogP contribution in [0.15, 0.2) is 30.5 Å². The Kier molecular flexibility index (Phi) is 5.22. The van der Waals surface area contributed by atoms with E-state index in [4.69, 9.17) is 4.74 Å². The van der Waals surface area contributed by atoms with E-state index in [9.17, 15) is 8.78 Å². The highest BCUT2D eigenvalue weighted by Crippen LogP contribution is 2.27. The van der Waals surface area contributed by atoms with Gasteiger partial charge in [0, 0.05) is 12.1 Å². The number of pyridine rings is 1. The molecular formula is C16H18F2N2O. The van der Waals surface area contributed by atoms with Crippen LogP contribution >= 0.6 is 0 Å². The Balaban J connectivity index is 2.22. The van der Waals surface area contributed by atoms with Crippen molar-refractivity contribution in [3.05, 3.63) is 53.2 Å². The lowest BCUT2D eigenvalue weighted by atomic mass is 10.2. The molecule has 5 heteroatoms. The molecule has 0 amide bonds. The van der Waals surface area contributed by atoms with Crippen LogP contribution in [0.5, 0.6) is 11.6 Å². The van der Waals surface area contributed by atoms with Crippen molar-refractivity contribution in [3.8, 4) is 11.6 Å². The monoisotopic (exact) mass is 292 g/mol. The smallest absolute Gasteiger partial charge is 0.223 e. The van der Waals surface area contributed by atoms with E-state index in [-0.39, 0.29) is 5.82 Å². The molecule has 2 rings (SSSR count). The summed E-state index contributed by atoms with van der Waals surface area (Å²) in [4.78, 5) is 3.98. The van der Waals surface area contributed by atoms with E-state index in [0.717, 1.165) is 19.2 Å². The summed E-state index contributed by atoms with van der Waals surface area (Å²) in [6.07, 6.45) is 2.09. The van der Waals surface area contributed by atoms with Gasteiger partial charge in [-0.15, -0.1) is 0 Å². The number of hydrogen-bond donors (Lipinski definition) is 1. The van der Waals surface area contributed by atoms with Gasteiger partial charge in [0.15, 0.2) is 0 Å².